The molecule has 2 aromatic carbocycles. The molecule has 2 rings (SSSR count). The number of carbonyl (C=O) groups is 2. The number of nitrogens with one attached hydrogen (secondary N) is 3. The molecule has 0 spiro atoms. The first-order valence-corrected chi connectivity index (χ1v) is 12.2. The number of hydrogen-bond donors (Lipinski definition) is 3. The van der Waals surface area contributed by atoms with Crippen molar-refractivity contribution < 1.29 is 22.9 Å². The van der Waals surface area contributed by atoms with Crippen molar-refractivity contribution in [2.75, 3.05) is 24.7 Å². The van der Waals surface area contributed by atoms with Crippen molar-refractivity contribution in [1.82, 2.24) is 10.6 Å². The van der Waals surface area contributed by atoms with Crippen molar-refractivity contribution in [3.8, 4) is 0 Å². The van der Waals surface area contributed by atoms with Crippen LogP contribution < -0.4 is 16.0 Å². The summed E-state index contributed by atoms with van der Waals surface area (Å²) >= 11 is 0. The summed E-state index contributed by atoms with van der Waals surface area (Å²) in [7, 11) is -3.58. The Bertz CT molecular complexity index is 1100. The van der Waals surface area contributed by atoms with Gasteiger partial charge in [-0.05, 0) is 23.6 Å². The molecule has 10 nitrogen and oxygen atoms in total. The molecule has 3 N–H and O–H groups in total. The van der Waals surface area contributed by atoms with Crippen LogP contribution in [0.15, 0.2) is 53.4 Å². The lowest BCUT2D eigenvalue weighted by Gasteiger charge is -2.22. The van der Waals surface area contributed by atoms with Gasteiger partial charge in [-0.3, -0.25) is 19.7 Å². The summed E-state index contributed by atoms with van der Waals surface area (Å²) in [5.41, 5.74) is 0.598. The minimum absolute atomic E-state index is 0.137. The Hall–Kier alpha value is -3.47. The number of nitrogens with zero attached hydrogens (tertiary/aromatic N) is 1. The number of hydrogen-bond acceptors (Lipinski definition) is 7. The van der Waals surface area contributed by atoms with E-state index in [-0.39, 0.29) is 53.5 Å². The van der Waals surface area contributed by atoms with E-state index in [9.17, 15) is 28.1 Å². The molecule has 33 heavy (non-hydrogen) atoms. The molecular weight excluding hydrogens is 448 g/mol. The largest absolute Gasteiger partial charge is 0.378 e. The molecule has 11 heteroatoms. The minimum Gasteiger partial charge on any atom is -0.378 e. The summed E-state index contributed by atoms with van der Waals surface area (Å²) in [6, 6.07) is 12.0. The van der Waals surface area contributed by atoms with E-state index in [1.807, 2.05) is 44.2 Å². The number of anilines is 1. The summed E-state index contributed by atoms with van der Waals surface area (Å²) in [4.78, 5) is 35.4. The zero-order valence-corrected chi connectivity index (χ0v) is 19.5. The molecular formula is C22H28N4O6S. The molecule has 0 heterocycles. The number of amides is 2. The third kappa shape index (κ3) is 7.86. The topological polar surface area (TPSA) is 148 Å². The van der Waals surface area contributed by atoms with Gasteiger partial charge in [0.15, 0.2) is 9.84 Å². The lowest BCUT2D eigenvalue weighted by atomic mass is 10.0. The van der Waals surface area contributed by atoms with Crippen LogP contribution in [0, 0.1) is 16.0 Å². The van der Waals surface area contributed by atoms with E-state index in [4.69, 9.17) is 0 Å². The summed E-state index contributed by atoms with van der Waals surface area (Å²) in [6.07, 6.45) is 1.13. The molecule has 2 aromatic rings. The van der Waals surface area contributed by atoms with Gasteiger partial charge in [-0.15, -0.1) is 0 Å². The van der Waals surface area contributed by atoms with Gasteiger partial charge in [0.05, 0.1) is 16.2 Å². The summed E-state index contributed by atoms with van der Waals surface area (Å²) in [5.74, 6) is -0.785. The maximum absolute atomic E-state index is 12.6. The van der Waals surface area contributed by atoms with E-state index in [2.05, 4.69) is 16.0 Å². The van der Waals surface area contributed by atoms with Gasteiger partial charge in [-0.2, -0.15) is 0 Å². The van der Waals surface area contributed by atoms with Crippen LogP contribution in [-0.2, 0) is 25.8 Å². The quantitative estimate of drug-likeness (QED) is 0.255. The maximum atomic E-state index is 12.6. The van der Waals surface area contributed by atoms with Gasteiger partial charge in [0.1, 0.15) is 11.7 Å². The predicted octanol–water partition coefficient (Wildman–Crippen LogP) is 1.91. The first kappa shape index (κ1) is 25.8. The van der Waals surface area contributed by atoms with E-state index in [0.29, 0.717) is 0 Å². The molecule has 0 radical (unpaired) electrons. The summed E-state index contributed by atoms with van der Waals surface area (Å²) < 4.78 is 23.3. The third-order valence-corrected chi connectivity index (χ3v) is 5.92. The number of carbonyl (C=O) groups excluding carboxylic acids is 2. The van der Waals surface area contributed by atoms with Crippen molar-refractivity contribution >= 4 is 33.0 Å². The standard InChI is InChI=1S/C22H28N4O6S/c1-15(2)21(25-20(27)13-16-7-5-4-6-8-16)22(28)24-12-11-23-18-10-9-17(33(3,31)32)14-19(18)26(29)30/h4-10,14-15,21,23H,11-13H2,1-3H3,(H,24,28)(H,25,27)/t21-/m0/s1. The van der Waals surface area contributed by atoms with Crippen molar-refractivity contribution in [3.05, 3.63) is 64.2 Å². The third-order valence-electron chi connectivity index (χ3n) is 4.81. The first-order valence-electron chi connectivity index (χ1n) is 10.3. The van der Waals surface area contributed by atoms with Crippen LogP contribution in [0.3, 0.4) is 0 Å². The zero-order chi connectivity index (χ0) is 24.6. The monoisotopic (exact) mass is 476 g/mol. The fraction of sp³-hybridized carbons (Fsp3) is 0.364. The molecule has 2 amide bonds. The van der Waals surface area contributed by atoms with Crippen molar-refractivity contribution in [2.24, 2.45) is 5.92 Å². The summed E-state index contributed by atoms with van der Waals surface area (Å²) in [6.45, 7) is 3.94. The van der Waals surface area contributed by atoms with Gasteiger partial charge in [0.2, 0.25) is 11.8 Å². The predicted molar refractivity (Wildman–Crippen MR) is 125 cm³/mol. The fourth-order valence-corrected chi connectivity index (χ4v) is 3.72. The maximum Gasteiger partial charge on any atom is 0.293 e. The molecule has 1 atom stereocenters. The van der Waals surface area contributed by atoms with Crippen molar-refractivity contribution in [1.29, 1.82) is 0 Å². The second-order valence-corrected chi connectivity index (χ2v) is 9.89. The van der Waals surface area contributed by atoms with E-state index < -0.39 is 20.8 Å². The molecule has 178 valence electrons. The molecule has 0 fully saturated rings. The van der Waals surface area contributed by atoms with Crippen LogP contribution >= 0.6 is 0 Å². The number of nitro groups is 1. The van der Waals surface area contributed by atoms with Gasteiger partial charge < -0.3 is 16.0 Å². The van der Waals surface area contributed by atoms with E-state index >= 15 is 0 Å². The highest BCUT2D eigenvalue weighted by molar-refractivity contribution is 7.90. The normalized spacial score (nSPS) is 12.1. The average molecular weight is 477 g/mol. The van der Waals surface area contributed by atoms with Crippen molar-refractivity contribution in [3.63, 3.8) is 0 Å². The average Bonchev–Trinajstić information content (AvgIpc) is 2.74. The molecule has 0 aromatic heterocycles. The highest BCUT2D eigenvalue weighted by Crippen LogP contribution is 2.27. The molecule has 0 saturated heterocycles. The zero-order valence-electron chi connectivity index (χ0n) is 18.7. The number of sulfone groups is 1. The Morgan fingerprint density at radius 1 is 1.06 bits per heavy atom. The van der Waals surface area contributed by atoms with E-state index in [0.717, 1.165) is 17.9 Å². The Morgan fingerprint density at radius 3 is 2.30 bits per heavy atom. The van der Waals surface area contributed by atoms with Crippen LogP contribution in [0.1, 0.15) is 19.4 Å². The Kier molecular flexibility index (Phi) is 8.92. The number of rotatable bonds is 11. The van der Waals surface area contributed by atoms with E-state index in [1.165, 1.54) is 12.1 Å². The minimum atomic E-state index is -3.58. The molecule has 0 aliphatic rings. The molecule has 0 bridgehead atoms. The highest BCUT2D eigenvalue weighted by Gasteiger charge is 2.24. The second kappa shape index (κ2) is 11.4. The second-order valence-electron chi connectivity index (χ2n) is 7.88. The van der Waals surface area contributed by atoms with Gasteiger partial charge >= 0.3 is 0 Å². The molecule has 0 saturated carbocycles. The lowest BCUT2D eigenvalue weighted by Crippen LogP contribution is -2.50. The van der Waals surface area contributed by atoms with Crippen molar-refractivity contribution in [2.45, 2.75) is 31.2 Å². The van der Waals surface area contributed by atoms with Gasteiger partial charge in [0.25, 0.3) is 5.69 Å². The highest BCUT2D eigenvalue weighted by atomic mass is 32.2. The number of nitro benzene ring substituents is 1. The SMILES string of the molecule is CC(C)[C@H](NC(=O)Cc1ccccc1)C(=O)NCCNc1ccc(S(C)(=O)=O)cc1[N+](=O)[O-]. The van der Waals surface area contributed by atoms with Crippen LogP contribution in [0.4, 0.5) is 11.4 Å². The smallest absolute Gasteiger partial charge is 0.293 e. The molecule has 0 aliphatic heterocycles. The first-order chi connectivity index (χ1) is 15.5. The van der Waals surface area contributed by atoms with Crippen LogP contribution in [0.5, 0.6) is 0 Å². The van der Waals surface area contributed by atoms with E-state index in [1.54, 1.807) is 0 Å². The lowest BCUT2D eigenvalue weighted by molar-refractivity contribution is -0.384. The Labute approximate surface area is 192 Å². The van der Waals surface area contributed by atoms with Gasteiger partial charge in [-0.25, -0.2) is 8.42 Å². The van der Waals surface area contributed by atoms with Crippen LogP contribution in [-0.4, -0.2) is 50.5 Å². The molecule has 0 aliphatic carbocycles. The molecule has 0 unspecified atom stereocenters. The van der Waals surface area contributed by atoms with Crippen LogP contribution in [0.2, 0.25) is 0 Å². The fourth-order valence-electron chi connectivity index (χ4n) is 3.08. The Balaban J connectivity index is 1.92. The Morgan fingerprint density at radius 2 is 1.73 bits per heavy atom. The van der Waals surface area contributed by atoms with Gasteiger partial charge in [0, 0.05) is 25.4 Å². The summed E-state index contributed by atoms with van der Waals surface area (Å²) in [5, 5.41) is 19.6. The van der Waals surface area contributed by atoms with Crippen LogP contribution in [0.25, 0.3) is 0 Å². The number of benzene rings is 2. The van der Waals surface area contributed by atoms with Gasteiger partial charge in [-0.1, -0.05) is 44.2 Å².